The summed E-state index contributed by atoms with van der Waals surface area (Å²) in [6, 6.07) is 11.2. The standard InChI is InChI=1S/C18H18N4O2S2/c1-21-12-6-2-3-8-14(12)26-18(21)20-19-16(23)13-7-4-10-22(13)17(24)15-9-5-11-25-15/h2-3,5-6,8-9,11,13H,4,7,10H2,1H3,(H,19,23)/b20-18+/t13-/m0/s1. The molecule has 26 heavy (non-hydrogen) atoms. The minimum Gasteiger partial charge on any atom is -0.326 e. The van der Waals surface area contributed by atoms with Gasteiger partial charge in [0.2, 0.25) is 4.80 Å². The Hall–Kier alpha value is -2.45. The fourth-order valence-corrected chi connectivity index (χ4v) is 4.85. The van der Waals surface area contributed by atoms with E-state index in [0.717, 1.165) is 16.6 Å². The monoisotopic (exact) mass is 386 g/mol. The van der Waals surface area contributed by atoms with E-state index in [2.05, 4.69) is 10.5 Å². The molecule has 3 aromatic rings. The van der Waals surface area contributed by atoms with Crippen LogP contribution in [0.3, 0.4) is 0 Å². The third-order valence-electron chi connectivity index (χ3n) is 4.52. The highest BCUT2D eigenvalue weighted by atomic mass is 32.1. The van der Waals surface area contributed by atoms with Crippen LogP contribution in [0.25, 0.3) is 10.2 Å². The van der Waals surface area contributed by atoms with Gasteiger partial charge in [-0.25, -0.2) is 5.43 Å². The number of nitrogens with one attached hydrogen (secondary N) is 1. The molecule has 0 saturated carbocycles. The molecule has 8 heteroatoms. The van der Waals surface area contributed by atoms with Crippen LogP contribution in [0, 0.1) is 0 Å². The Bertz CT molecular complexity index is 1020. The van der Waals surface area contributed by atoms with Gasteiger partial charge >= 0.3 is 0 Å². The minimum atomic E-state index is -0.465. The lowest BCUT2D eigenvalue weighted by Crippen LogP contribution is -2.45. The first-order valence-electron chi connectivity index (χ1n) is 8.38. The molecule has 1 N–H and O–H groups in total. The van der Waals surface area contributed by atoms with E-state index in [1.807, 2.05) is 47.3 Å². The van der Waals surface area contributed by atoms with Crippen molar-refractivity contribution in [1.29, 1.82) is 0 Å². The fourth-order valence-electron chi connectivity index (χ4n) is 3.19. The average molecular weight is 387 g/mol. The lowest BCUT2D eigenvalue weighted by molar-refractivity contribution is -0.124. The number of aryl methyl sites for hydroxylation is 1. The molecule has 2 amide bonds. The molecular formula is C18H18N4O2S2. The van der Waals surface area contributed by atoms with E-state index in [-0.39, 0.29) is 11.8 Å². The topological polar surface area (TPSA) is 66.7 Å². The zero-order valence-corrected chi connectivity index (χ0v) is 15.8. The average Bonchev–Trinajstić information content (AvgIpc) is 3.40. The van der Waals surface area contributed by atoms with E-state index in [4.69, 9.17) is 0 Å². The molecule has 1 saturated heterocycles. The van der Waals surface area contributed by atoms with E-state index in [9.17, 15) is 9.59 Å². The molecule has 0 bridgehead atoms. The van der Waals surface area contributed by atoms with Crippen molar-refractivity contribution in [2.75, 3.05) is 6.54 Å². The summed E-state index contributed by atoms with van der Waals surface area (Å²) in [5.74, 6) is -0.310. The van der Waals surface area contributed by atoms with Crippen molar-refractivity contribution >= 4 is 44.7 Å². The molecule has 1 aliphatic rings. The predicted octanol–water partition coefficient (Wildman–Crippen LogP) is 2.54. The Morgan fingerprint density at radius 2 is 2.08 bits per heavy atom. The molecule has 0 spiro atoms. The smallest absolute Gasteiger partial charge is 0.264 e. The van der Waals surface area contributed by atoms with Crippen molar-refractivity contribution in [2.24, 2.45) is 12.1 Å². The number of para-hydroxylation sites is 1. The number of likely N-dealkylation sites (tertiary alicyclic amines) is 1. The van der Waals surface area contributed by atoms with E-state index in [1.54, 1.807) is 11.0 Å². The van der Waals surface area contributed by atoms with Gasteiger partial charge in [0, 0.05) is 13.6 Å². The first kappa shape index (κ1) is 17.0. The number of hydrogen-bond donors (Lipinski definition) is 1. The number of rotatable bonds is 3. The number of amides is 2. The Labute approximate surface area is 158 Å². The van der Waals surface area contributed by atoms with Gasteiger partial charge in [-0.2, -0.15) is 0 Å². The number of thiazole rings is 1. The molecule has 0 radical (unpaired) electrons. The van der Waals surface area contributed by atoms with Gasteiger partial charge in [-0.1, -0.05) is 29.5 Å². The van der Waals surface area contributed by atoms with Crippen LogP contribution in [-0.2, 0) is 11.8 Å². The van der Waals surface area contributed by atoms with Crippen molar-refractivity contribution in [3.05, 3.63) is 51.5 Å². The highest BCUT2D eigenvalue weighted by Crippen LogP contribution is 2.22. The molecule has 1 aliphatic heterocycles. The van der Waals surface area contributed by atoms with Crippen molar-refractivity contribution in [2.45, 2.75) is 18.9 Å². The molecule has 6 nitrogen and oxygen atoms in total. The first-order valence-corrected chi connectivity index (χ1v) is 10.1. The number of nitrogens with zero attached hydrogens (tertiary/aromatic N) is 3. The summed E-state index contributed by atoms with van der Waals surface area (Å²) in [6.45, 7) is 0.603. The Kier molecular flexibility index (Phi) is 4.60. The van der Waals surface area contributed by atoms with E-state index < -0.39 is 6.04 Å². The summed E-state index contributed by atoms with van der Waals surface area (Å²) in [6.07, 6.45) is 1.49. The Balaban J connectivity index is 1.53. The van der Waals surface area contributed by atoms with Crippen LogP contribution in [0.4, 0.5) is 0 Å². The number of carbonyl (C=O) groups is 2. The van der Waals surface area contributed by atoms with E-state index in [0.29, 0.717) is 22.6 Å². The number of fused-ring (bicyclic) bond motifs is 1. The normalized spacial score (nSPS) is 17.8. The summed E-state index contributed by atoms with van der Waals surface area (Å²) < 4.78 is 3.06. The lowest BCUT2D eigenvalue weighted by Gasteiger charge is -2.22. The maximum Gasteiger partial charge on any atom is 0.264 e. The van der Waals surface area contributed by atoms with Gasteiger partial charge in [-0.3, -0.25) is 9.59 Å². The SMILES string of the molecule is Cn1/c(=N\NC(=O)[C@@H]2CCCN2C(=O)c2cccs2)sc2ccccc21. The lowest BCUT2D eigenvalue weighted by atomic mass is 10.2. The van der Waals surface area contributed by atoms with Gasteiger partial charge < -0.3 is 9.47 Å². The summed E-state index contributed by atoms with van der Waals surface area (Å²) in [5, 5.41) is 6.16. The van der Waals surface area contributed by atoms with Crippen LogP contribution in [0.15, 0.2) is 46.9 Å². The third-order valence-corrected chi connectivity index (χ3v) is 6.50. The fraction of sp³-hybridized carbons (Fsp3) is 0.278. The Morgan fingerprint density at radius 1 is 1.23 bits per heavy atom. The number of thiophene rings is 1. The zero-order chi connectivity index (χ0) is 18.1. The summed E-state index contributed by atoms with van der Waals surface area (Å²) in [5.41, 5.74) is 3.73. The number of hydrogen-bond acceptors (Lipinski definition) is 5. The van der Waals surface area contributed by atoms with Gasteiger partial charge in [0.05, 0.1) is 15.1 Å². The van der Waals surface area contributed by atoms with Crippen molar-refractivity contribution in [1.82, 2.24) is 14.9 Å². The molecule has 3 heterocycles. The minimum absolute atomic E-state index is 0.0786. The predicted molar refractivity (Wildman–Crippen MR) is 103 cm³/mol. The number of aromatic nitrogens is 1. The van der Waals surface area contributed by atoms with Gasteiger partial charge in [0.1, 0.15) is 6.04 Å². The molecule has 1 fully saturated rings. The van der Waals surface area contributed by atoms with Gasteiger partial charge in [-0.15, -0.1) is 16.4 Å². The van der Waals surface area contributed by atoms with E-state index in [1.165, 1.54) is 22.7 Å². The highest BCUT2D eigenvalue weighted by molar-refractivity contribution is 7.16. The number of benzene rings is 1. The quantitative estimate of drug-likeness (QED) is 0.703. The molecule has 4 rings (SSSR count). The molecule has 134 valence electrons. The summed E-state index contributed by atoms with van der Waals surface area (Å²) in [7, 11) is 1.92. The van der Waals surface area contributed by atoms with Crippen LogP contribution in [0.5, 0.6) is 0 Å². The second kappa shape index (κ2) is 7.05. The van der Waals surface area contributed by atoms with Gasteiger partial charge in [0.15, 0.2) is 0 Å². The van der Waals surface area contributed by atoms with Gasteiger partial charge in [0.25, 0.3) is 11.8 Å². The summed E-state index contributed by atoms with van der Waals surface area (Å²) >= 11 is 2.91. The maximum atomic E-state index is 12.6. The van der Waals surface area contributed by atoms with Crippen LogP contribution < -0.4 is 10.2 Å². The molecular weight excluding hydrogens is 368 g/mol. The molecule has 1 aromatic carbocycles. The Morgan fingerprint density at radius 3 is 2.85 bits per heavy atom. The van der Waals surface area contributed by atoms with Crippen molar-refractivity contribution in [3.63, 3.8) is 0 Å². The molecule has 0 unspecified atom stereocenters. The largest absolute Gasteiger partial charge is 0.326 e. The van der Waals surface area contributed by atoms with Crippen LogP contribution >= 0.6 is 22.7 Å². The van der Waals surface area contributed by atoms with Gasteiger partial charge in [-0.05, 0) is 36.4 Å². The molecule has 1 atom stereocenters. The van der Waals surface area contributed by atoms with Crippen molar-refractivity contribution in [3.8, 4) is 0 Å². The zero-order valence-electron chi connectivity index (χ0n) is 14.2. The summed E-state index contributed by atoms with van der Waals surface area (Å²) in [4.78, 5) is 28.3. The molecule has 2 aromatic heterocycles. The third kappa shape index (κ3) is 3.06. The van der Waals surface area contributed by atoms with Crippen LogP contribution in [0.2, 0.25) is 0 Å². The van der Waals surface area contributed by atoms with E-state index >= 15 is 0 Å². The maximum absolute atomic E-state index is 12.6. The highest BCUT2D eigenvalue weighted by Gasteiger charge is 2.34. The number of carbonyl (C=O) groups excluding carboxylic acids is 2. The molecule has 0 aliphatic carbocycles. The second-order valence-electron chi connectivity index (χ2n) is 6.13. The van der Waals surface area contributed by atoms with Crippen molar-refractivity contribution < 1.29 is 9.59 Å². The first-order chi connectivity index (χ1) is 12.6. The second-order valence-corrected chi connectivity index (χ2v) is 8.09. The van der Waals surface area contributed by atoms with Crippen LogP contribution in [0.1, 0.15) is 22.5 Å². The van der Waals surface area contributed by atoms with Crippen LogP contribution in [-0.4, -0.2) is 33.9 Å².